The molecule has 0 bridgehead atoms. The Bertz CT molecular complexity index is 786. The van der Waals surface area contributed by atoms with Crippen LogP contribution in [-0.4, -0.2) is 11.0 Å². The maximum Gasteiger partial charge on any atom is 0.266 e. The van der Waals surface area contributed by atoms with E-state index < -0.39 is 5.91 Å². The van der Waals surface area contributed by atoms with E-state index in [0.29, 0.717) is 11.3 Å². The first-order valence-corrected chi connectivity index (χ1v) is 6.79. The number of aromatic hydroxyl groups is 1. The van der Waals surface area contributed by atoms with E-state index in [-0.39, 0.29) is 11.3 Å². The predicted molar refractivity (Wildman–Crippen MR) is 86.2 cm³/mol. The SMILES string of the molecule is Cc1ccc(NC(=O)C(C#N)=Cc2cccc(O)c2)cc1C. The molecule has 0 atom stereocenters. The summed E-state index contributed by atoms with van der Waals surface area (Å²) in [5.41, 5.74) is 3.41. The van der Waals surface area contributed by atoms with Crippen molar-refractivity contribution in [3.05, 3.63) is 64.7 Å². The van der Waals surface area contributed by atoms with Gasteiger partial charge in [0.05, 0.1) is 0 Å². The highest BCUT2D eigenvalue weighted by Gasteiger charge is 2.10. The third kappa shape index (κ3) is 3.74. The van der Waals surface area contributed by atoms with Crippen molar-refractivity contribution in [2.24, 2.45) is 0 Å². The number of carbonyl (C=O) groups is 1. The molecule has 2 N–H and O–H groups in total. The van der Waals surface area contributed by atoms with Crippen LogP contribution >= 0.6 is 0 Å². The number of carbonyl (C=O) groups excluding carboxylic acids is 1. The zero-order valence-corrected chi connectivity index (χ0v) is 12.4. The number of rotatable bonds is 3. The second-order valence-electron chi connectivity index (χ2n) is 5.02. The van der Waals surface area contributed by atoms with Gasteiger partial charge in [-0.2, -0.15) is 5.26 Å². The molecule has 0 aliphatic heterocycles. The molecule has 0 unspecified atom stereocenters. The van der Waals surface area contributed by atoms with Crippen LogP contribution < -0.4 is 5.32 Å². The van der Waals surface area contributed by atoms with Crippen LogP contribution in [0.4, 0.5) is 5.69 Å². The van der Waals surface area contributed by atoms with Crippen molar-refractivity contribution in [1.29, 1.82) is 5.26 Å². The molecule has 2 aromatic rings. The Labute approximate surface area is 129 Å². The number of benzene rings is 2. The standard InChI is InChI=1S/C18H16N2O2/c1-12-6-7-16(8-13(12)2)20-18(22)15(11-19)9-14-4-3-5-17(21)10-14/h3-10,21H,1-2H3,(H,20,22). The topological polar surface area (TPSA) is 73.1 Å². The smallest absolute Gasteiger partial charge is 0.266 e. The molecule has 0 aliphatic rings. The lowest BCUT2D eigenvalue weighted by Gasteiger charge is -2.07. The molecule has 0 radical (unpaired) electrons. The number of nitrogens with one attached hydrogen (secondary N) is 1. The summed E-state index contributed by atoms with van der Waals surface area (Å²) in [6.07, 6.45) is 1.44. The van der Waals surface area contributed by atoms with E-state index in [9.17, 15) is 9.90 Å². The minimum atomic E-state index is -0.478. The summed E-state index contributed by atoms with van der Waals surface area (Å²) in [4.78, 5) is 12.2. The molecule has 0 saturated heterocycles. The van der Waals surface area contributed by atoms with Gasteiger partial charge in [0.15, 0.2) is 0 Å². The summed E-state index contributed by atoms with van der Waals surface area (Å²) in [6.45, 7) is 3.95. The van der Waals surface area contributed by atoms with Crippen LogP contribution in [0.5, 0.6) is 5.75 Å². The van der Waals surface area contributed by atoms with Crippen LogP contribution in [-0.2, 0) is 4.79 Å². The van der Waals surface area contributed by atoms with Crippen LogP contribution in [0.3, 0.4) is 0 Å². The Balaban J connectivity index is 2.22. The molecular formula is C18H16N2O2. The van der Waals surface area contributed by atoms with Gasteiger partial charge in [0.2, 0.25) is 0 Å². The Hall–Kier alpha value is -3.06. The van der Waals surface area contributed by atoms with E-state index >= 15 is 0 Å². The molecule has 2 aromatic carbocycles. The minimum Gasteiger partial charge on any atom is -0.508 e. The molecular weight excluding hydrogens is 276 g/mol. The summed E-state index contributed by atoms with van der Waals surface area (Å²) in [7, 11) is 0. The van der Waals surface area contributed by atoms with Crippen LogP contribution in [0.25, 0.3) is 6.08 Å². The lowest BCUT2D eigenvalue weighted by molar-refractivity contribution is -0.112. The molecule has 22 heavy (non-hydrogen) atoms. The number of amides is 1. The second-order valence-corrected chi connectivity index (χ2v) is 5.02. The van der Waals surface area contributed by atoms with Gasteiger partial charge in [-0.15, -0.1) is 0 Å². The summed E-state index contributed by atoms with van der Waals surface area (Å²) in [5, 5.41) is 21.3. The lowest BCUT2D eigenvalue weighted by Crippen LogP contribution is -2.13. The first-order chi connectivity index (χ1) is 10.5. The van der Waals surface area contributed by atoms with Crippen molar-refractivity contribution in [1.82, 2.24) is 0 Å². The van der Waals surface area contributed by atoms with E-state index in [4.69, 9.17) is 5.26 Å². The number of hydrogen-bond acceptors (Lipinski definition) is 3. The average molecular weight is 292 g/mol. The summed E-state index contributed by atoms with van der Waals surface area (Å²) < 4.78 is 0. The van der Waals surface area contributed by atoms with Gasteiger partial charge >= 0.3 is 0 Å². The maximum atomic E-state index is 12.2. The zero-order chi connectivity index (χ0) is 16.1. The predicted octanol–water partition coefficient (Wildman–Crippen LogP) is 3.55. The van der Waals surface area contributed by atoms with Crippen molar-refractivity contribution >= 4 is 17.7 Å². The van der Waals surface area contributed by atoms with E-state index in [0.717, 1.165) is 11.1 Å². The van der Waals surface area contributed by atoms with Gasteiger partial charge in [-0.25, -0.2) is 0 Å². The molecule has 1 amide bonds. The molecule has 110 valence electrons. The first kappa shape index (κ1) is 15.3. The van der Waals surface area contributed by atoms with Gasteiger partial charge in [0.25, 0.3) is 5.91 Å². The molecule has 0 heterocycles. The van der Waals surface area contributed by atoms with Crippen LogP contribution in [0.2, 0.25) is 0 Å². The van der Waals surface area contributed by atoms with Gasteiger partial charge in [-0.3, -0.25) is 4.79 Å². The molecule has 4 heteroatoms. The highest BCUT2D eigenvalue weighted by molar-refractivity contribution is 6.09. The quantitative estimate of drug-likeness (QED) is 0.671. The van der Waals surface area contributed by atoms with Crippen molar-refractivity contribution in [3.8, 4) is 11.8 Å². The number of hydrogen-bond donors (Lipinski definition) is 2. The lowest BCUT2D eigenvalue weighted by atomic mass is 10.1. The van der Waals surface area contributed by atoms with Gasteiger partial charge in [-0.1, -0.05) is 18.2 Å². The van der Waals surface area contributed by atoms with E-state index in [1.165, 1.54) is 18.2 Å². The van der Waals surface area contributed by atoms with E-state index in [1.54, 1.807) is 18.2 Å². The van der Waals surface area contributed by atoms with Gasteiger partial charge in [0, 0.05) is 5.69 Å². The van der Waals surface area contributed by atoms with Crippen molar-refractivity contribution in [3.63, 3.8) is 0 Å². The molecule has 0 fully saturated rings. The molecule has 0 spiro atoms. The normalized spacial score (nSPS) is 10.9. The molecule has 2 rings (SSSR count). The highest BCUT2D eigenvalue weighted by atomic mass is 16.3. The minimum absolute atomic E-state index is 0.0242. The second kappa shape index (κ2) is 6.59. The Morgan fingerprint density at radius 2 is 1.95 bits per heavy atom. The number of phenols is 1. The van der Waals surface area contributed by atoms with Crippen molar-refractivity contribution < 1.29 is 9.90 Å². The van der Waals surface area contributed by atoms with Gasteiger partial charge in [-0.05, 0) is 60.9 Å². The van der Waals surface area contributed by atoms with Gasteiger partial charge < -0.3 is 10.4 Å². The number of aryl methyl sites for hydroxylation is 2. The van der Waals surface area contributed by atoms with Crippen LogP contribution in [0, 0.1) is 25.2 Å². The largest absolute Gasteiger partial charge is 0.508 e. The number of anilines is 1. The summed E-state index contributed by atoms with van der Waals surface area (Å²) in [6, 6.07) is 13.8. The number of nitrogens with zero attached hydrogens (tertiary/aromatic N) is 1. The fourth-order valence-electron chi connectivity index (χ4n) is 1.95. The Morgan fingerprint density at radius 3 is 2.59 bits per heavy atom. The van der Waals surface area contributed by atoms with E-state index in [2.05, 4.69) is 5.32 Å². The van der Waals surface area contributed by atoms with Crippen LogP contribution in [0.15, 0.2) is 48.0 Å². The van der Waals surface area contributed by atoms with Gasteiger partial charge in [0.1, 0.15) is 17.4 Å². The Kier molecular flexibility index (Phi) is 4.60. The fourth-order valence-corrected chi connectivity index (χ4v) is 1.95. The fraction of sp³-hybridized carbons (Fsp3) is 0.111. The third-order valence-electron chi connectivity index (χ3n) is 3.31. The van der Waals surface area contributed by atoms with Crippen molar-refractivity contribution in [2.45, 2.75) is 13.8 Å². The Morgan fingerprint density at radius 1 is 1.18 bits per heavy atom. The van der Waals surface area contributed by atoms with Crippen molar-refractivity contribution in [2.75, 3.05) is 5.32 Å². The summed E-state index contributed by atoms with van der Waals surface area (Å²) >= 11 is 0. The summed E-state index contributed by atoms with van der Waals surface area (Å²) in [5.74, 6) is -0.394. The van der Waals surface area contributed by atoms with E-state index in [1.807, 2.05) is 32.0 Å². The molecule has 0 saturated carbocycles. The average Bonchev–Trinajstić information content (AvgIpc) is 2.48. The number of nitriles is 1. The highest BCUT2D eigenvalue weighted by Crippen LogP contribution is 2.17. The first-order valence-electron chi connectivity index (χ1n) is 6.79. The molecule has 0 aliphatic carbocycles. The third-order valence-corrected chi connectivity index (χ3v) is 3.31. The number of phenolic OH excluding ortho intramolecular Hbond substituents is 1. The maximum absolute atomic E-state index is 12.2. The molecule has 4 nitrogen and oxygen atoms in total. The zero-order valence-electron chi connectivity index (χ0n) is 12.4. The molecule has 0 aromatic heterocycles. The van der Waals surface area contributed by atoms with Crippen LogP contribution in [0.1, 0.15) is 16.7 Å². The monoisotopic (exact) mass is 292 g/mol.